The lowest BCUT2D eigenvalue weighted by Gasteiger charge is -2.25. The molecule has 0 amide bonds. The predicted molar refractivity (Wildman–Crippen MR) is 64.6 cm³/mol. The topological polar surface area (TPSA) is 52.6 Å². The van der Waals surface area contributed by atoms with E-state index in [0.717, 1.165) is 42.4 Å². The summed E-state index contributed by atoms with van der Waals surface area (Å²) in [6.07, 6.45) is 3.26. The molecular formula is C12H16O4S. The molecule has 0 aliphatic heterocycles. The summed E-state index contributed by atoms with van der Waals surface area (Å²) in [5.41, 5.74) is 2.00. The molecule has 2 rings (SSSR count). The van der Waals surface area contributed by atoms with Gasteiger partial charge in [-0.25, -0.2) is 0 Å². The summed E-state index contributed by atoms with van der Waals surface area (Å²) in [6.45, 7) is 0. The van der Waals surface area contributed by atoms with Crippen LogP contribution < -0.4 is 4.74 Å². The summed E-state index contributed by atoms with van der Waals surface area (Å²) in [6, 6.07) is 5.66. The Hall–Kier alpha value is -1.07. The fourth-order valence-corrected chi connectivity index (χ4v) is 2.90. The first-order valence-electron chi connectivity index (χ1n) is 5.55. The van der Waals surface area contributed by atoms with Crippen molar-refractivity contribution >= 4 is 10.1 Å². The average Bonchev–Trinajstić information content (AvgIpc) is 2.27. The smallest absolute Gasteiger partial charge is 0.264 e. The number of ether oxygens (including phenoxy) is 1. The number of hydrogen-bond donors (Lipinski definition) is 0. The van der Waals surface area contributed by atoms with Crippen molar-refractivity contribution in [3.8, 4) is 5.75 Å². The molecule has 1 atom stereocenters. The lowest BCUT2D eigenvalue weighted by atomic mass is 9.89. The van der Waals surface area contributed by atoms with E-state index in [9.17, 15) is 8.42 Å². The van der Waals surface area contributed by atoms with Gasteiger partial charge in [-0.1, -0.05) is 12.1 Å². The van der Waals surface area contributed by atoms with Crippen LogP contribution >= 0.6 is 0 Å². The fourth-order valence-electron chi connectivity index (χ4n) is 2.27. The first-order valence-corrected chi connectivity index (χ1v) is 7.37. The first kappa shape index (κ1) is 12.4. The first-order chi connectivity index (χ1) is 8.01. The zero-order chi connectivity index (χ0) is 12.5. The van der Waals surface area contributed by atoms with Gasteiger partial charge in [-0.3, -0.25) is 4.18 Å². The van der Waals surface area contributed by atoms with Crippen LogP contribution in [-0.4, -0.2) is 21.8 Å². The van der Waals surface area contributed by atoms with E-state index in [1.54, 1.807) is 7.11 Å². The normalized spacial score (nSPS) is 19.8. The molecule has 1 aliphatic rings. The predicted octanol–water partition coefficient (Wildman–Crippen LogP) is 2.05. The fraction of sp³-hybridized carbons (Fsp3) is 0.500. The molecule has 1 aromatic carbocycles. The van der Waals surface area contributed by atoms with Gasteiger partial charge in [-0.15, -0.1) is 0 Å². The minimum Gasteiger partial charge on any atom is -0.496 e. The average molecular weight is 256 g/mol. The summed E-state index contributed by atoms with van der Waals surface area (Å²) < 4.78 is 32.8. The molecule has 0 aromatic heterocycles. The highest BCUT2D eigenvalue weighted by Gasteiger charge is 2.26. The van der Waals surface area contributed by atoms with Crippen molar-refractivity contribution in [2.45, 2.75) is 25.4 Å². The van der Waals surface area contributed by atoms with Crippen LogP contribution in [0.4, 0.5) is 0 Å². The Balaban J connectivity index is 2.38. The maximum Gasteiger partial charge on any atom is 0.264 e. The van der Waals surface area contributed by atoms with Gasteiger partial charge < -0.3 is 4.74 Å². The van der Waals surface area contributed by atoms with Crippen LogP contribution in [0.3, 0.4) is 0 Å². The van der Waals surface area contributed by atoms with Gasteiger partial charge >= 0.3 is 0 Å². The van der Waals surface area contributed by atoms with Crippen LogP contribution in [0.25, 0.3) is 0 Å². The third kappa shape index (κ3) is 2.79. The quantitative estimate of drug-likeness (QED) is 0.777. The Morgan fingerprint density at radius 2 is 2.12 bits per heavy atom. The molecule has 17 heavy (non-hydrogen) atoms. The minimum atomic E-state index is -3.43. The lowest BCUT2D eigenvalue weighted by Crippen LogP contribution is -2.16. The molecule has 0 bridgehead atoms. The second kappa shape index (κ2) is 4.66. The number of hydrogen-bond acceptors (Lipinski definition) is 4. The van der Waals surface area contributed by atoms with E-state index in [1.807, 2.05) is 18.2 Å². The Morgan fingerprint density at radius 1 is 1.35 bits per heavy atom. The molecule has 1 aliphatic carbocycles. The van der Waals surface area contributed by atoms with Crippen molar-refractivity contribution in [1.82, 2.24) is 0 Å². The zero-order valence-electron chi connectivity index (χ0n) is 9.97. The Kier molecular flexibility index (Phi) is 3.40. The SMILES string of the molecule is COc1cccc2c1CCCC2OS(C)(=O)=O. The molecule has 0 N–H and O–H groups in total. The third-order valence-corrected chi connectivity index (χ3v) is 3.50. The van der Waals surface area contributed by atoms with E-state index in [-0.39, 0.29) is 6.10 Å². The molecule has 0 heterocycles. The second-order valence-electron chi connectivity index (χ2n) is 4.21. The van der Waals surface area contributed by atoms with E-state index in [0.29, 0.717) is 0 Å². The summed E-state index contributed by atoms with van der Waals surface area (Å²) >= 11 is 0. The summed E-state index contributed by atoms with van der Waals surface area (Å²) in [5.74, 6) is 0.810. The van der Waals surface area contributed by atoms with Gasteiger partial charge in [0.05, 0.1) is 13.4 Å². The highest BCUT2D eigenvalue weighted by atomic mass is 32.2. The zero-order valence-corrected chi connectivity index (χ0v) is 10.8. The largest absolute Gasteiger partial charge is 0.496 e. The summed E-state index contributed by atoms with van der Waals surface area (Å²) in [5, 5.41) is 0. The van der Waals surface area contributed by atoms with E-state index in [1.165, 1.54) is 0 Å². The highest BCUT2D eigenvalue weighted by Crippen LogP contribution is 2.37. The molecular weight excluding hydrogens is 240 g/mol. The summed E-state index contributed by atoms with van der Waals surface area (Å²) in [4.78, 5) is 0. The molecule has 0 spiro atoms. The van der Waals surface area contributed by atoms with Gasteiger partial charge in [0.2, 0.25) is 0 Å². The number of fused-ring (bicyclic) bond motifs is 1. The molecule has 4 nitrogen and oxygen atoms in total. The van der Waals surface area contributed by atoms with Crippen molar-refractivity contribution in [1.29, 1.82) is 0 Å². The Bertz CT molecular complexity index is 507. The maximum absolute atomic E-state index is 11.2. The van der Waals surface area contributed by atoms with Crippen LogP contribution in [0.5, 0.6) is 5.75 Å². The van der Waals surface area contributed by atoms with Crippen LogP contribution in [-0.2, 0) is 20.7 Å². The van der Waals surface area contributed by atoms with Gasteiger partial charge in [0.15, 0.2) is 0 Å². The molecule has 1 unspecified atom stereocenters. The molecule has 0 saturated heterocycles. The van der Waals surface area contributed by atoms with Gasteiger partial charge in [0.1, 0.15) is 11.9 Å². The molecule has 0 radical (unpaired) electrons. The van der Waals surface area contributed by atoms with Gasteiger partial charge in [0, 0.05) is 0 Å². The van der Waals surface area contributed by atoms with Gasteiger partial charge in [-0.2, -0.15) is 8.42 Å². The molecule has 94 valence electrons. The van der Waals surface area contributed by atoms with E-state index in [4.69, 9.17) is 8.92 Å². The Labute approximate surface area is 102 Å². The van der Waals surface area contributed by atoms with Gasteiger partial charge in [0.25, 0.3) is 10.1 Å². The highest BCUT2D eigenvalue weighted by molar-refractivity contribution is 7.86. The monoisotopic (exact) mass is 256 g/mol. The van der Waals surface area contributed by atoms with Crippen LogP contribution in [0, 0.1) is 0 Å². The standard InChI is InChI=1S/C12H16O4S/c1-15-11-7-3-6-10-9(11)5-4-8-12(10)16-17(2,13)14/h3,6-7,12H,4-5,8H2,1-2H3. The molecule has 0 saturated carbocycles. The van der Waals surface area contributed by atoms with Crippen LogP contribution in [0.1, 0.15) is 30.1 Å². The molecule has 5 heteroatoms. The van der Waals surface area contributed by atoms with Crippen molar-refractivity contribution in [2.75, 3.05) is 13.4 Å². The second-order valence-corrected chi connectivity index (χ2v) is 5.81. The number of rotatable bonds is 3. The number of methoxy groups -OCH3 is 1. The lowest BCUT2D eigenvalue weighted by molar-refractivity contribution is 0.192. The van der Waals surface area contributed by atoms with Crippen molar-refractivity contribution < 1.29 is 17.3 Å². The summed E-state index contributed by atoms with van der Waals surface area (Å²) in [7, 11) is -1.81. The van der Waals surface area contributed by atoms with Crippen molar-refractivity contribution in [3.05, 3.63) is 29.3 Å². The molecule has 1 aromatic rings. The van der Waals surface area contributed by atoms with Crippen LogP contribution in [0.2, 0.25) is 0 Å². The van der Waals surface area contributed by atoms with Crippen molar-refractivity contribution in [2.24, 2.45) is 0 Å². The van der Waals surface area contributed by atoms with E-state index < -0.39 is 10.1 Å². The minimum absolute atomic E-state index is 0.371. The molecule has 0 fully saturated rings. The van der Waals surface area contributed by atoms with Crippen molar-refractivity contribution in [3.63, 3.8) is 0 Å². The van der Waals surface area contributed by atoms with Crippen LogP contribution in [0.15, 0.2) is 18.2 Å². The van der Waals surface area contributed by atoms with E-state index in [2.05, 4.69) is 0 Å². The maximum atomic E-state index is 11.2. The van der Waals surface area contributed by atoms with E-state index >= 15 is 0 Å². The number of benzene rings is 1. The van der Waals surface area contributed by atoms with Gasteiger partial charge in [-0.05, 0) is 36.5 Å². The third-order valence-electron chi connectivity index (χ3n) is 2.92. The Morgan fingerprint density at radius 3 is 2.76 bits per heavy atom.